The molecule has 0 saturated carbocycles. The van der Waals surface area contributed by atoms with Crippen LogP contribution in [0.3, 0.4) is 0 Å². The summed E-state index contributed by atoms with van der Waals surface area (Å²) in [5.41, 5.74) is 0. The molecule has 1 atom stereocenters. The highest BCUT2D eigenvalue weighted by Gasteiger charge is 2.34. The zero-order valence-corrected chi connectivity index (χ0v) is 13.8. The lowest BCUT2D eigenvalue weighted by Crippen LogP contribution is -2.38. The third kappa shape index (κ3) is 3.02. The highest BCUT2D eigenvalue weighted by molar-refractivity contribution is 5.91. The third-order valence-corrected chi connectivity index (χ3v) is 4.21. The first-order valence-electron chi connectivity index (χ1n) is 8.21. The van der Waals surface area contributed by atoms with E-state index in [0.717, 1.165) is 19.3 Å². The summed E-state index contributed by atoms with van der Waals surface area (Å²) in [4.78, 5) is 27.2. The van der Waals surface area contributed by atoms with E-state index < -0.39 is 0 Å². The zero-order valence-electron chi connectivity index (χ0n) is 13.8. The van der Waals surface area contributed by atoms with Crippen molar-refractivity contribution in [3.63, 3.8) is 0 Å². The van der Waals surface area contributed by atoms with Gasteiger partial charge >= 0.3 is 0 Å². The molecule has 1 fully saturated rings. The molecular weight excluding hydrogens is 322 g/mol. The van der Waals surface area contributed by atoms with Crippen molar-refractivity contribution in [1.29, 1.82) is 0 Å². The van der Waals surface area contributed by atoms with E-state index in [4.69, 9.17) is 8.94 Å². The summed E-state index contributed by atoms with van der Waals surface area (Å²) in [5, 5.41) is 3.96. The van der Waals surface area contributed by atoms with E-state index in [2.05, 4.69) is 20.1 Å². The van der Waals surface area contributed by atoms with Crippen LogP contribution in [0.4, 0.5) is 0 Å². The van der Waals surface area contributed by atoms with Crippen LogP contribution in [-0.2, 0) is 0 Å². The lowest BCUT2D eigenvalue weighted by molar-refractivity contribution is 0.0528. The number of aryl methyl sites for hydroxylation is 1. The van der Waals surface area contributed by atoms with Crippen molar-refractivity contribution < 1.29 is 13.7 Å². The number of amides is 1. The second-order valence-electron chi connectivity index (χ2n) is 5.95. The summed E-state index contributed by atoms with van der Waals surface area (Å²) in [5.74, 6) is 2.00. The van der Waals surface area contributed by atoms with Crippen LogP contribution in [0.2, 0.25) is 0 Å². The van der Waals surface area contributed by atoms with Gasteiger partial charge in [-0.05, 0) is 44.4 Å². The number of hydrogen-bond acceptors (Lipinski definition) is 7. The van der Waals surface area contributed by atoms with Gasteiger partial charge in [-0.3, -0.25) is 4.79 Å². The highest BCUT2D eigenvalue weighted by atomic mass is 16.5. The number of carbonyl (C=O) groups excluding carboxylic acids is 1. The largest absolute Gasteiger partial charge is 0.456 e. The van der Waals surface area contributed by atoms with Crippen molar-refractivity contribution in [2.24, 2.45) is 0 Å². The van der Waals surface area contributed by atoms with Crippen molar-refractivity contribution in [2.45, 2.75) is 32.2 Å². The second-order valence-corrected chi connectivity index (χ2v) is 5.95. The molecule has 4 rings (SSSR count). The van der Waals surface area contributed by atoms with Crippen LogP contribution < -0.4 is 0 Å². The molecule has 1 amide bonds. The fourth-order valence-electron chi connectivity index (χ4n) is 3.00. The molecule has 8 nitrogen and oxygen atoms in total. The number of hydrogen-bond donors (Lipinski definition) is 0. The molecule has 0 spiro atoms. The Labute approximate surface area is 143 Å². The first-order valence-corrected chi connectivity index (χ1v) is 8.21. The van der Waals surface area contributed by atoms with Crippen molar-refractivity contribution in [3.05, 3.63) is 48.0 Å². The van der Waals surface area contributed by atoms with Crippen LogP contribution in [0.1, 0.15) is 47.5 Å². The van der Waals surface area contributed by atoms with Crippen LogP contribution in [0.5, 0.6) is 0 Å². The van der Waals surface area contributed by atoms with Gasteiger partial charge in [0.15, 0.2) is 5.76 Å². The molecule has 25 heavy (non-hydrogen) atoms. The fourth-order valence-corrected chi connectivity index (χ4v) is 3.00. The number of furan rings is 1. The summed E-state index contributed by atoms with van der Waals surface area (Å²) in [6.07, 6.45) is 5.93. The molecule has 128 valence electrons. The summed E-state index contributed by atoms with van der Waals surface area (Å²) in [6, 6.07) is 4.93. The van der Waals surface area contributed by atoms with Gasteiger partial charge in [-0.2, -0.15) is 4.98 Å². The van der Waals surface area contributed by atoms with E-state index in [1.165, 1.54) is 0 Å². The van der Waals surface area contributed by atoms with Crippen LogP contribution in [0, 0.1) is 6.92 Å². The van der Waals surface area contributed by atoms with Gasteiger partial charge < -0.3 is 13.8 Å². The first kappa shape index (κ1) is 15.5. The van der Waals surface area contributed by atoms with Gasteiger partial charge in [0.2, 0.25) is 17.5 Å². The number of likely N-dealkylation sites (tertiary alicyclic amines) is 1. The Morgan fingerprint density at radius 3 is 2.80 bits per heavy atom. The topological polar surface area (TPSA) is 98.2 Å². The molecule has 0 aliphatic carbocycles. The molecule has 4 heterocycles. The normalized spacial score (nSPS) is 17.6. The lowest BCUT2D eigenvalue weighted by Gasteiger charge is -2.32. The molecule has 8 heteroatoms. The predicted octanol–water partition coefficient (Wildman–Crippen LogP) is 2.80. The minimum atomic E-state index is -0.267. The fraction of sp³-hybridized carbons (Fsp3) is 0.353. The molecule has 1 saturated heterocycles. The quantitative estimate of drug-likeness (QED) is 0.723. The molecule has 0 N–H and O–H groups in total. The van der Waals surface area contributed by atoms with Crippen molar-refractivity contribution >= 4 is 5.91 Å². The van der Waals surface area contributed by atoms with Gasteiger partial charge in [0.1, 0.15) is 11.8 Å². The van der Waals surface area contributed by atoms with E-state index in [1.807, 2.05) is 6.92 Å². The Morgan fingerprint density at radius 2 is 2.04 bits per heavy atom. The average Bonchev–Trinajstić information content (AvgIpc) is 3.31. The molecular formula is C17H17N5O3. The molecule has 0 radical (unpaired) electrons. The SMILES string of the molecule is Cc1ccc(C(=O)N2CCCC[C@H]2c2nc(-c3ncccn3)no2)o1. The van der Waals surface area contributed by atoms with E-state index in [-0.39, 0.29) is 11.9 Å². The van der Waals surface area contributed by atoms with E-state index in [1.54, 1.807) is 35.5 Å². The van der Waals surface area contributed by atoms with E-state index >= 15 is 0 Å². The van der Waals surface area contributed by atoms with Gasteiger partial charge in [0.05, 0.1) is 0 Å². The first-order chi connectivity index (χ1) is 12.2. The van der Waals surface area contributed by atoms with Gasteiger partial charge in [0.25, 0.3) is 5.91 Å². The average molecular weight is 339 g/mol. The van der Waals surface area contributed by atoms with E-state index in [0.29, 0.717) is 35.6 Å². The van der Waals surface area contributed by atoms with Gasteiger partial charge in [-0.15, -0.1) is 0 Å². The molecule has 1 aliphatic rings. The number of rotatable bonds is 3. The summed E-state index contributed by atoms with van der Waals surface area (Å²) < 4.78 is 10.9. The summed E-state index contributed by atoms with van der Waals surface area (Å²) in [7, 11) is 0. The van der Waals surface area contributed by atoms with Crippen LogP contribution in [0.15, 0.2) is 39.5 Å². The Balaban J connectivity index is 1.61. The van der Waals surface area contributed by atoms with Crippen LogP contribution in [0.25, 0.3) is 11.6 Å². The second kappa shape index (κ2) is 6.46. The maximum Gasteiger partial charge on any atom is 0.290 e. The number of piperidine rings is 1. The molecule has 1 aliphatic heterocycles. The molecule has 0 unspecified atom stereocenters. The maximum atomic E-state index is 12.8. The highest BCUT2D eigenvalue weighted by Crippen LogP contribution is 2.32. The third-order valence-electron chi connectivity index (χ3n) is 4.21. The van der Waals surface area contributed by atoms with E-state index in [9.17, 15) is 4.79 Å². The molecule has 0 bridgehead atoms. The molecule has 3 aromatic rings. The monoisotopic (exact) mass is 339 g/mol. The molecule has 0 aromatic carbocycles. The van der Waals surface area contributed by atoms with Crippen LogP contribution in [-0.4, -0.2) is 37.5 Å². The Hall–Kier alpha value is -3.03. The van der Waals surface area contributed by atoms with Crippen molar-refractivity contribution in [2.75, 3.05) is 6.54 Å². The number of nitrogens with zero attached hydrogens (tertiary/aromatic N) is 5. The Bertz CT molecular complexity index is 873. The molecule has 3 aromatic heterocycles. The van der Waals surface area contributed by atoms with Gasteiger partial charge in [-0.25, -0.2) is 9.97 Å². The Kier molecular flexibility index (Phi) is 4.01. The number of carbonyl (C=O) groups is 1. The smallest absolute Gasteiger partial charge is 0.290 e. The maximum absolute atomic E-state index is 12.8. The minimum Gasteiger partial charge on any atom is -0.456 e. The number of aromatic nitrogens is 4. The lowest BCUT2D eigenvalue weighted by atomic mass is 10.0. The summed E-state index contributed by atoms with van der Waals surface area (Å²) >= 11 is 0. The minimum absolute atomic E-state index is 0.159. The van der Waals surface area contributed by atoms with Crippen molar-refractivity contribution in [1.82, 2.24) is 25.0 Å². The van der Waals surface area contributed by atoms with Gasteiger partial charge in [-0.1, -0.05) is 5.16 Å². The Morgan fingerprint density at radius 1 is 1.20 bits per heavy atom. The summed E-state index contributed by atoms with van der Waals surface area (Å²) in [6.45, 7) is 2.44. The predicted molar refractivity (Wildman–Crippen MR) is 86.4 cm³/mol. The van der Waals surface area contributed by atoms with Gasteiger partial charge in [0, 0.05) is 18.9 Å². The zero-order chi connectivity index (χ0) is 17.2. The van der Waals surface area contributed by atoms with Crippen molar-refractivity contribution in [3.8, 4) is 11.6 Å². The standard InChI is InChI=1S/C17H17N5O3/c1-11-6-7-13(24-11)17(23)22-10-3-2-5-12(22)16-20-15(21-25-16)14-18-8-4-9-19-14/h4,6-9,12H,2-3,5,10H2,1H3/t12-/m0/s1. The van der Waals surface area contributed by atoms with Crippen LogP contribution >= 0.6 is 0 Å².